The Morgan fingerprint density at radius 1 is 1.00 bits per heavy atom. The highest BCUT2D eigenvalue weighted by molar-refractivity contribution is 5.97. The van der Waals surface area contributed by atoms with Crippen LogP contribution in [-0.4, -0.2) is 117 Å². The van der Waals surface area contributed by atoms with Gasteiger partial charge in [-0.1, -0.05) is 41.6 Å². The third-order valence-electron chi connectivity index (χ3n) is 7.81. The molecule has 0 spiro atoms. The monoisotopic (exact) mass is 634 g/mol. The maximum Gasteiger partial charge on any atom is 0.247 e. The predicted octanol–water partition coefficient (Wildman–Crippen LogP) is -0.514. The summed E-state index contributed by atoms with van der Waals surface area (Å²) in [5, 5.41) is 69.1. The maximum absolute atomic E-state index is 13.8. The molecule has 2 aliphatic heterocycles. The van der Waals surface area contributed by atoms with Crippen molar-refractivity contribution in [1.82, 2.24) is 5.32 Å². The molecule has 2 heterocycles. The van der Waals surface area contributed by atoms with Gasteiger partial charge in [0, 0.05) is 5.57 Å². The van der Waals surface area contributed by atoms with Gasteiger partial charge in [0.15, 0.2) is 11.5 Å². The molecule has 1 aliphatic carbocycles. The first kappa shape index (κ1) is 32.7. The van der Waals surface area contributed by atoms with Crippen molar-refractivity contribution >= 4 is 17.7 Å². The van der Waals surface area contributed by atoms with Crippen LogP contribution in [0.3, 0.4) is 0 Å². The van der Waals surface area contributed by atoms with E-state index >= 15 is 0 Å². The van der Waals surface area contributed by atoms with E-state index in [0.717, 1.165) is 5.56 Å². The molecular weight excluding hydrogens is 599 g/mol. The van der Waals surface area contributed by atoms with Gasteiger partial charge in [0.05, 0.1) is 6.04 Å². The summed E-state index contributed by atoms with van der Waals surface area (Å²) < 4.78 is 35.3. The predicted molar refractivity (Wildman–Crippen MR) is 152 cm³/mol. The summed E-state index contributed by atoms with van der Waals surface area (Å²) in [6.45, 7) is 0.218. The van der Waals surface area contributed by atoms with E-state index in [9.17, 15) is 39.8 Å². The molecule has 7 N–H and O–H groups in total. The number of ether oxygens (including phenoxy) is 4. The number of oxime groups is 1. The number of carbonyl (C=O) groups is 1. The van der Waals surface area contributed by atoms with Crippen molar-refractivity contribution in [3.63, 3.8) is 0 Å². The van der Waals surface area contributed by atoms with Crippen molar-refractivity contribution < 1.29 is 63.6 Å². The minimum Gasteiger partial charge on any atom is -0.504 e. The normalized spacial score (nSPS) is 33.5. The smallest absolute Gasteiger partial charge is 0.247 e. The van der Waals surface area contributed by atoms with Crippen LogP contribution in [0, 0.1) is 0 Å². The molecule has 244 valence electrons. The second-order valence-corrected chi connectivity index (χ2v) is 10.9. The van der Waals surface area contributed by atoms with Gasteiger partial charge in [-0.15, -0.1) is 0 Å². The molecule has 0 radical (unpaired) electrons. The Morgan fingerprint density at radius 3 is 2.40 bits per heavy atom. The van der Waals surface area contributed by atoms with Gasteiger partial charge in [-0.25, -0.2) is 4.39 Å². The molecule has 14 nitrogen and oxygen atoms in total. The maximum atomic E-state index is 13.8. The lowest BCUT2D eigenvalue weighted by Crippen LogP contribution is -2.67. The number of phenolic OH excluding ortho intramolecular Hbond substituents is 1. The van der Waals surface area contributed by atoms with E-state index in [0.29, 0.717) is 5.56 Å². The fraction of sp³-hybridized carbons (Fsp3) is 0.467. The lowest BCUT2D eigenvalue weighted by Gasteiger charge is -2.41. The molecule has 1 amide bonds. The summed E-state index contributed by atoms with van der Waals surface area (Å²) in [4.78, 5) is 18.0. The molecule has 0 bridgehead atoms. The van der Waals surface area contributed by atoms with Gasteiger partial charge >= 0.3 is 0 Å². The molecule has 2 saturated heterocycles. The van der Waals surface area contributed by atoms with Gasteiger partial charge in [0.2, 0.25) is 12.2 Å². The van der Waals surface area contributed by atoms with Crippen LogP contribution in [0.4, 0.5) is 4.39 Å². The van der Waals surface area contributed by atoms with Gasteiger partial charge in [-0.2, -0.15) is 0 Å². The number of aromatic hydroxyl groups is 1. The number of benzene rings is 2. The van der Waals surface area contributed by atoms with Crippen molar-refractivity contribution in [1.29, 1.82) is 0 Å². The van der Waals surface area contributed by atoms with E-state index in [2.05, 4.69) is 10.5 Å². The van der Waals surface area contributed by atoms with Crippen molar-refractivity contribution in [2.75, 3.05) is 13.5 Å². The number of hydrogen-bond acceptors (Lipinski definition) is 13. The lowest BCUT2D eigenvalue weighted by atomic mass is 9.83. The van der Waals surface area contributed by atoms with Gasteiger partial charge in [0.1, 0.15) is 74.6 Å². The minimum absolute atomic E-state index is 0.0460. The average Bonchev–Trinajstić information content (AvgIpc) is 3.63. The largest absolute Gasteiger partial charge is 0.504 e. The minimum atomic E-state index is -1.62. The zero-order valence-electron chi connectivity index (χ0n) is 24.0. The third kappa shape index (κ3) is 7.10. The van der Waals surface area contributed by atoms with Crippen molar-refractivity contribution in [3.05, 3.63) is 65.2 Å². The number of nitrogens with zero attached hydrogens (tertiary/aromatic N) is 1. The van der Waals surface area contributed by atoms with Gasteiger partial charge < -0.3 is 59.7 Å². The van der Waals surface area contributed by atoms with Crippen LogP contribution in [0.25, 0.3) is 6.08 Å². The summed E-state index contributed by atoms with van der Waals surface area (Å²) in [6.07, 6.45) is -10.8. The highest BCUT2D eigenvalue weighted by Gasteiger charge is 2.53. The van der Waals surface area contributed by atoms with E-state index in [-0.39, 0.29) is 30.4 Å². The summed E-state index contributed by atoms with van der Waals surface area (Å²) in [7, 11) is 0. The number of fused-ring (bicyclic) bond motifs is 1. The van der Waals surface area contributed by atoms with E-state index in [1.807, 2.05) is 6.07 Å². The molecule has 0 aromatic heterocycles. The number of phenols is 1. The zero-order valence-corrected chi connectivity index (χ0v) is 24.0. The summed E-state index contributed by atoms with van der Waals surface area (Å²) in [6, 6.07) is 11.8. The highest BCUT2D eigenvalue weighted by Crippen LogP contribution is 2.33. The summed E-state index contributed by atoms with van der Waals surface area (Å²) >= 11 is 0. The molecule has 45 heavy (non-hydrogen) atoms. The molecule has 5 rings (SSSR count). The Morgan fingerprint density at radius 2 is 1.71 bits per heavy atom. The fourth-order valence-corrected chi connectivity index (χ4v) is 5.32. The average molecular weight is 635 g/mol. The first-order valence-corrected chi connectivity index (χ1v) is 14.2. The number of aliphatic hydroxyl groups excluding tert-OH is 5. The number of nitrogens with one attached hydrogen (secondary N) is 1. The molecule has 10 atom stereocenters. The van der Waals surface area contributed by atoms with E-state index in [4.69, 9.17) is 23.8 Å². The Labute approximate surface area is 256 Å². The topological polar surface area (TPSA) is 209 Å². The number of amides is 1. The SMILES string of the molecule is C/C(=C\c1ccc(O[C@@H]2O[C@H](/C(CF)=N/OCc3ccccc3)[C@@H](O)[C@@H]2O)c(O)c1)C(=O)NC1[C@@H](O)[C@@H]2OCO[C@@H]2[C@H](O)[C@H]1O. The van der Waals surface area contributed by atoms with Gasteiger partial charge in [-0.05, 0) is 36.3 Å². The van der Waals surface area contributed by atoms with Crippen LogP contribution in [0.2, 0.25) is 0 Å². The van der Waals surface area contributed by atoms with Crippen LogP contribution < -0.4 is 10.1 Å². The first-order valence-electron chi connectivity index (χ1n) is 14.2. The van der Waals surface area contributed by atoms with Crippen LogP contribution in [0.1, 0.15) is 18.1 Å². The van der Waals surface area contributed by atoms with E-state index < -0.39 is 79.5 Å². The standard InChI is InChI=1S/C30H35FN2O12/c1-14(29(40)32-20-21(35)23(37)28-27(22(20)36)41-13-42-28)9-16-7-8-19(18(34)10-16)44-30-25(39)24(38)26(45-30)17(11-31)33-43-12-15-5-3-2-4-6-15/h2-10,20-28,30,34-39H,11-13H2,1H3,(H,32,40)/b14-9+,33-17+/t20?,21-,22+,23+,24-,25-,26+,27-,28+,30+/m0/s1. The number of hydrogen-bond donors (Lipinski definition) is 7. The lowest BCUT2D eigenvalue weighted by molar-refractivity contribution is -0.155. The molecule has 3 fully saturated rings. The molecule has 1 unspecified atom stereocenters. The Bertz CT molecular complexity index is 1390. The highest BCUT2D eigenvalue weighted by atomic mass is 19.1. The van der Waals surface area contributed by atoms with Crippen molar-refractivity contribution in [3.8, 4) is 11.5 Å². The van der Waals surface area contributed by atoms with Gasteiger partial charge in [0.25, 0.3) is 0 Å². The molecule has 1 saturated carbocycles. The van der Waals surface area contributed by atoms with Crippen molar-refractivity contribution in [2.45, 2.75) is 74.7 Å². The number of aliphatic hydroxyl groups is 5. The van der Waals surface area contributed by atoms with Crippen LogP contribution in [-0.2, 0) is 30.4 Å². The van der Waals surface area contributed by atoms with E-state index in [1.54, 1.807) is 24.3 Å². The number of carbonyl (C=O) groups excluding carboxylic acids is 1. The first-order chi connectivity index (χ1) is 21.6. The Balaban J connectivity index is 1.20. The molecule has 15 heteroatoms. The molecule has 2 aromatic rings. The number of halogens is 1. The van der Waals surface area contributed by atoms with Crippen molar-refractivity contribution in [2.24, 2.45) is 5.16 Å². The second-order valence-electron chi connectivity index (χ2n) is 10.9. The molecule has 2 aromatic carbocycles. The molecular formula is C30H35FN2O12. The van der Waals surface area contributed by atoms with E-state index in [1.165, 1.54) is 31.2 Å². The van der Waals surface area contributed by atoms with Crippen LogP contribution in [0.15, 0.2) is 59.3 Å². The van der Waals surface area contributed by atoms with Gasteiger partial charge in [-0.3, -0.25) is 4.79 Å². The Kier molecular flexibility index (Phi) is 10.3. The fourth-order valence-electron chi connectivity index (χ4n) is 5.32. The number of rotatable bonds is 10. The number of alkyl halides is 1. The quantitative estimate of drug-likeness (QED) is 0.100. The Hall–Kier alpha value is -3.67. The van der Waals surface area contributed by atoms with Crippen LogP contribution in [0.5, 0.6) is 11.5 Å². The summed E-state index contributed by atoms with van der Waals surface area (Å²) in [5.41, 5.74) is 0.981. The third-order valence-corrected chi connectivity index (χ3v) is 7.81. The molecule has 3 aliphatic rings. The second kappa shape index (κ2) is 14.2. The zero-order chi connectivity index (χ0) is 32.2. The van der Waals surface area contributed by atoms with Crippen LogP contribution >= 0.6 is 0 Å². The summed E-state index contributed by atoms with van der Waals surface area (Å²) in [5.74, 6) is -1.20.